The average molecular weight is 586 g/mol. The summed E-state index contributed by atoms with van der Waals surface area (Å²) in [6, 6.07) is 18.8. The van der Waals surface area contributed by atoms with Gasteiger partial charge in [-0.2, -0.15) is 0 Å². The lowest BCUT2D eigenvalue weighted by Gasteiger charge is -2.35. The van der Waals surface area contributed by atoms with Crippen LogP contribution in [0.2, 0.25) is 10.0 Å². The minimum absolute atomic E-state index is 0.0680. The fourth-order valence-corrected chi connectivity index (χ4v) is 6.16. The summed E-state index contributed by atoms with van der Waals surface area (Å²) < 4.78 is 34.5. The molecular formula is C28H26Cl2N4O4S. The number of carbonyl (C=O) groups is 1. The third-order valence-corrected chi connectivity index (χ3v) is 8.77. The van der Waals surface area contributed by atoms with E-state index in [1.54, 1.807) is 53.6 Å². The highest BCUT2D eigenvalue weighted by Gasteiger charge is 2.25. The van der Waals surface area contributed by atoms with Gasteiger partial charge in [0.05, 0.1) is 33.9 Å². The number of para-hydroxylation sites is 1. The second kappa shape index (κ2) is 11.4. The lowest BCUT2D eigenvalue weighted by atomic mass is 10.1. The predicted molar refractivity (Wildman–Crippen MR) is 153 cm³/mol. The molecule has 3 aromatic carbocycles. The molecule has 1 fully saturated rings. The Morgan fingerprint density at radius 3 is 2.49 bits per heavy atom. The standard InChI is InChI=1S/C28H26Cl2N4O4S/c1-38-25-17-21(32-39(36,37)26-6-2-4-20-5-3-11-31-27(20)26)8-9-22(25)28(35)34-14-12-33(13-15-34)18-19-7-10-23(29)24(30)16-19/h2-11,16-17,32H,12-15,18H2,1H3. The number of ether oxygens (including phenoxy) is 1. The number of rotatable bonds is 7. The van der Waals surface area contributed by atoms with Crippen LogP contribution in [0.4, 0.5) is 5.69 Å². The number of carbonyl (C=O) groups excluding carboxylic acids is 1. The second-order valence-corrected chi connectivity index (χ2v) is 11.6. The number of anilines is 1. The van der Waals surface area contributed by atoms with Gasteiger partial charge in [-0.15, -0.1) is 0 Å². The van der Waals surface area contributed by atoms with Crippen molar-refractivity contribution in [3.05, 3.63) is 94.1 Å². The Labute approximate surface area is 237 Å². The van der Waals surface area contributed by atoms with Gasteiger partial charge in [0.2, 0.25) is 0 Å². The number of hydrogen-bond donors (Lipinski definition) is 1. The smallest absolute Gasteiger partial charge is 0.264 e. The Bertz CT molecular complexity index is 1630. The van der Waals surface area contributed by atoms with Crippen molar-refractivity contribution in [2.75, 3.05) is 38.0 Å². The van der Waals surface area contributed by atoms with Crippen molar-refractivity contribution in [1.29, 1.82) is 0 Å². The van der Waals surface area contributed by atoms with Crippen LogP contribution in [0.3, 0.4) is 0 Å². The van der Waals surface area contributed by atoms with Crippen molar-refractivity contribution >= 4 is 55.7 Å². The molecule has 1 aliphatic rings. The van der Waals surface area contributed by atoms with E-state index in [9.17, 15) is 13.2 Å². The lowest BCUT2D eigenvalue weighted by molar-refractivity contribution is 0.0625. The minimum Gasteiger partial charge on any atom is -0.496 e. The Balaban J connectivity index is 1.27. The van der Waals surface area contributed by atoms with Gasteiger partial charge in [-0.05, 0) is 42.0 Å². The third-order valence-electron chi connectivity index (χ3n) is 6.62. The van der Waals surface area contributed by atoms with E-state index in [0.29, 0.717) is 53.8 Å². The monoisotopic (exact) mass is 584 g/mol. The maximum absolute atomic E-state index is 13.3. The van der Waals surface area contributed by atoms with Crippen LogP contribution in [0.25, 0.3) is 10.9 Å². The van der Waals surface area contributed by atoms with Crippen molar-refractivity contribution in [3.8, 4) is 5.75 Å². The number of benzene rings is 3. The fourth-order valence-electron chi connectivity index (χ4n) is 4.61. The highest BCUT2D eigenvalue weighted by molar-refractivity contribution is 7.93. The van der Waals surface area contributed by atoms with E-state index in [2.05, 4.69) is 14.6 Å². The number of aromatic nitrogens is 1. The molecule has 202 valence electrons. The van der Waals surface area contributed by atoms with Gasteiger partial charge in [0.15, 0.2) is 0 Å². The van der Waals surface area contributed by atoms with Crippen LogP contribution in [0.5, 0.6) is 5.75 Å². The van der Waals surface area contributed by atoms with Gasteiger partial charge in [-0.25, -0.2) is 8.42 Å². The van der Waals surface area contributed by atoms with Crippen molar-refractivity contribution < 1.29 is 17.9 Å². The molecule has 2 heterocycles. The first-order valence-corrected chi connectivity index (χ1v) is 14.5. The molecule has 1 amide bonds. The number of amides is 1. The SMILES string of the molecule is COc1cc(NS(=O)(=O)c2cccc3cccnc23)ccc1C(=O)N1CCN(Cc2ccc(Cl)c(Cl)c2)CC1. The van der Waals surface area contributed by atoms with E-state index in [-0.39, 0.29) is 22.2 Å². The van der Waals surface area contributed by atoms with Gasteiger partial charge in [0, 0.05) is 50.4 Å². The predicted octanol–water partition coefficient (Wildman–Crippen LogP) is 5.31. The molecule has 11 heteroatoms. The molecule has 1 aliphatic heterocycles. The van der Waals surface area contributed by atoms with Gasteiger partial charge in [0.1, 0.15) is 10.6 Å². The number of nitrogens with zero attached hydrogens (tertiary/aromatic N) is 3. The fraction of sp³-hybridized carbons (Fsp3) is 0.214. The maximum Gasteiger partial charge on any atom is 0.264 e. The topological polar surface area (TPSA) is 91.8 Å². The summed E-state index contributed by atoms with van der Waals surface area (Å²) in [6.45, 7) is 3.21. The molecule has 1 N–H and O–H groups in total. The summed E-state index contributed by atoms with van der Waals surface area (Å²) in [5.74, 6) is 0.114. The molecule has 4 aromatic rings. The highest BCUT2D eigenvalue weighted by atomic mass is 35.5. The highest BCUT2D eigenvalue weighted by Crippen LogP contribution is 2.29. The number of piperazine rings is 1. The molecule has 0 radical (unpaired) electrons. The molecule has 0 saturated carbocycles. The molecule has 0 unspecified atom stereocenters. The van der Waals surface area contributed by atoms with Gasteiger partial charge in [-0.1, -0.05) is 47.5 Å². The zero-order valence-corrected chi connectivity index (χ0v) is 23.4. The first-order chi connectivity index (χ1) is 18.7. The van der Waals surface area contributed by atoms with Crippen molar-refractivity contribution in [2.45, 2.75) is 11.4 Å². The number of fused-ring (bicyclic) bond motifs is 1. The summed E-state index contributed by atoms with van der Waals surface area (Å²) in [5.41, 5.74) is 2.08. The lowest BCUT2D eigenvalue weighted by Crippen LogP contribution is -2.48. The molecule has 0 aliphatic carbocycles. The Morgan fingerprint density at radius 2 is 1.74 bits per heavy atom. The minimum atomic E-state index is -3.94. The molecule has 39 heavy (non-hydrogen) atoms. The largest absolute Gasteiger partial charge is 0.496 e. The van der Waals surface area contributed by atoms with Gasteiger partial charge in [-0.3, -0.25) is 19.4 Å². The van der Waals surface area contributed by atoms with Crippen LogP contribution < -0.4 is 9.46 Å². The van der Waals surface area contributed by atoms with E-state index in [1.165, 1.54) is 19.2 Å². The summed E-state index contributed by atoms with van der Waals surface area (Å²) >= 11 is 12.2. The maximum atomic E-state index is 13.3. The van der Waals surface area contributed by atoms with Crippen molar-refractivity contribution in [3.63, 3.8) is 0 Å². The second-order valence-electron chi connectivity index (χ2n) is 9.17. The van der Waals surface area contributed by atoms with E-state index in [0.717, 1.165) is 10.9 Å². The van der Waals surface area contributed by atoms with E-state index < -0.39 is 10.0 Å². The quantitative estimate of drug-likeness (QED) is 0.316. The zero-order chi connectivity index (χ0) is 27.6. The first kappa shape index (κ1) is 27.2. The van der Waals surface area contributed by atoms with Crippen LogP contribution in [-0.2, 0) is 16.6 Å². The van der Waals surface area contributed by atoms with E-state index in [1.807, 2.05) is 12.1 Å². The number of sulfonamides is 1. The number of methoxy groups -OCH3 is 1. The number of hydrogen-bond acceptors (Lipinski definition) is 6. The van der Waals surface area contributed by atoms with Crippen molar-refractivity contribution in [1.82, 2.24) is 14.8 Å². The van der Waals surface area contributed by atoms with Gasteiger partial charge >= 0.3 is 0 Å². The Kier molecular flexibility index (Phi) is 7.95. The molecule has 0 spiro atoms. The van der Waals surface area contributed by atoms with Crippen LogP contribution in [0, 0.1) is 0 Å². The molecule has 1 saturated heterocycles. The molecular weight excluding hydrogens is 559 g/mol. The van der Waals surface area contributed by atoms with Crippen LogP contribution in [0.15, 0.2) is 77.8 Å². The third kappa shape index (κ3) is 5.96. The van der Waals surface area contributed by atoms with Gasteiger partial charge < -0.3 is 9.64 Å². The molecule has 5 rings (SSSR count). The Morgan fingerprint density at radius 1 is 0.974 bits per heavy atom. The van der Waals surface area contributed by atoms with E-state index >= 15 is 0 Å². The average Bonchev–Trinajstić information content (AvgIpc) is 2.94. The molecule has 1 aromatic heterocycles. The van der Waals surface area contributed by atoms with Crippen LogP contribution in [-0.4, -0.2) is 62.4 Å². The summed E-state index contributed by atoms with van der Waals surface area (Å²) in [6.07, 6.45) is 1.55. The first-order valence-electron chi connectivity index (χ1n) is 12.3. The summed E-state index contributed by atoms with van der Waals surface area (Å²) in [5, 5.41) is 1.76. The molecule has 0 atom stereocenters. The number of nitrogens with one attached hydrogen (secondary N) is 1. The number of halogens is 2. The van der Waals surface area contributed by atoms with Gasteiger partial charge in [0.25, 0.3) is 15.9 Å². The Hall–Kier alpha value is -3.37. The van der Waals surface area contributed by atoms with E-state index in [4.69, 9.17) is 27.9 Å². The summed E-state index contributed by atoms with van der Waals surface area (Å²) in [7, 11) is -2.49. The zero-order valence-electron chi connectivity index (χ0n) is 21.1. The summed E-state index contributed by atoms with van der Waals surface area (Å²) in [4.78, 5) is 21.7. The molecule has 8 nitrogen and oxygen atoms in total. The number of pyridine rings is 1. The van der Waals surface area contributed by atoms with Crippen LogP contribution in [0.1, 0.15) is 15.9 Å². The van der Waals surface area contributed by atoms with Crippen LogP contribution >= 0.6 is 23.2 Å². The normalized spacial score (nSPS) is 14.4. The van der Waals surface area contributed by atoms with Crippen molar-refractivity contribution in [2.24, 2.45) is 0 Å². The molecule has 0 bridgehead atoms.